The van der Waals surface area contributed by atoms with Crippen molar-refractivity contribution in [1.82, 2.24) is 9.55 Å². The van der Waals surface area contributed by atoms with Crippen LogP contribution in [0.15, 0.2) is 18.2 Å². The monoisotopic (exact) mass is 278 g/mol. The number of aromatic nitrogens is 2. The predicted molar refractivity (Wildman–Crippen MR) is 82.9 cm³/mol. The zero-order valence-corrected chi connectivity index (χ0v) is 13.1. The maximum Gasteiger partial charge on any atom is 0.125 e. The molecular formula is C16H23ClN2. The summed E-state index contributed by atoms with van der Waals surface area (Å²) in [5.74, 6) is 1.46. The number of aryl methyl sites for hydroxylation is 1. The zero-order valence-electron chi connectivity index (χ0n) is 12.3. The van der Waals surface area contributed by atoms with Gasteiger partial charge in [-0.3, -0.25) is 0 Å². The normalized spacial score (nSPS) is 12.3. The molecular weight excluding hydrogens is 256 g/mol. The van der Waals surface area contributed by atoms with Gasteiger partial charge in [-0.1, -0.05) is 26.8 Å². The van der Waals surface area contributed by atoms with Crippen LogP contribution in [0.1, 0.15) is 51.4 Å². The summed E-state index contributed by atoms with van der Waals surface area (Å²) in [5.41, 5.74) is 3.68. The van der Waals surface area contributed by atoms with Crippen molar-refractivity contribution in [2.75, 3.05) is 0 Å². The second-order valence-corrected chi connectivity index (χ2v) is 5.54. The van der Waals surface area contributed by atoms with Gasteiger partial charge in [-0.05, 0) is 43.9 Å². The van der Waals surface area contributed by atoms with Crippen molar-refractivity contribution in [3.63, 3.8) is 0 Å². The molecule has 2 nitrogen and oxygen atoms in total. The Labute approximate surface area is 120 Å². The summed E-state index contributed by atoms with van der Waals surface area (Å²) < 4.78 is 2.39. The second kappa shape index (κ2) is 5.54. The van der Waals surface area contributed by atoms with Gasteiger partial charge in [0, 0.05) is 5.54 Å². The minimum absolute atomic E-state index is 0.132. The number of halogens is 1. The number of fused-ring (bicyclic) bond motifs is 1. The molecule has 19 heavy (non-hydrogen) atoms. The van der Waals surface area contributed by atoms with Gasteiger partial charge in [-0.15, -0.1) is 11.6 Å². The number of hydrogen-bond acceptors (Lipinski definition) is 1. The van der Waals surface area contributed by atoms with Gasteiger partial charge in [0.2, 0.25) is 0 Å². The third kappa shape index (κ3) is 2.27. The average molecular weight is 279 g/mol. The molecule has 0 aliphatic carbocycles. The molecule has 0 amide bonds. The summed E-state index contributed by atoms with van der Waals surface area (Å²) in [6, 6.07) is 6.44. The van der Waals surface area contributed by atoms with Crippen LogP contribution in [-0.4, -0.2) is 9.55 Å². The highest BCUT2D eigenvalue weighted by Crippen LogP contribution is 2.35. The number of rotatable bonds is 5. The van der Waals surface area contributed by atoms with E-state index in [1.807, 2.05) is 0 Å². The van der Waals surface area contributed by atoms with Gasteiger partial charge in [-0.25, -0.2) is 4.98 Å². The summed E-state index contributed by atoms with van der Waals surface area (Å²) in [4.78, 5) is 4.71. The van der Waals surface area contributed by atoms with Crippen LogP contribution < -0.4 is 0 Å². The molecule has 0 radical (unpaired) electrons. The topological polar surface area (TPSA) is 17.8 Å². The standard InChI is InChI=1S/C16H23ClN2/c1-5-16(6-2,7-3)19-14-10-12(4)8-9-13(14)18-15(19)11-17/h8-10H,5-7,11H2,1-4H3. The van der Waals surface area contributed by atoms with Crippen LogP contribution in [0, 0.1) is 6.92 Å². The quantitative estimate of drug-likeness (QED) is 0.703. The van der Waals surface area contributed by atoms with Crippen molar-refractivity contribution >= 4 is 22.6 Å². The van der Waals surface area contributed by atoms with Crippen molar-refractivity contribution in [3.05, 3.63) is 29.6 Å². The maximum absolute atomic E-state index is 6.14. The Morgan fingerprint density at radius 1 is 1.16 bits per heavy atom. The van der Waals surface area contributed by atoms with Crippen LogP contribution in [-0.2, 0) is 11.4 Å². The number of imidazole rings is 1. The lowest BCUT2D eigenvalue weighted by Gasteiger charge is -2.34. The largest absolute Gasteiger partial charge is 0.321 e. The van der Waals surface area contributed by atoms with Crippen molar-refractivity contribution in [3.8, 4) is 0 Å². The van der Waals surface area contributed by atoms with Gasteiger partial charge in [0.25, 0.3) is 0 Å². The zero-order chi connectivity index (χ0) is 14.0. The van der Waals surface area contributed by atoms with Crippen LogP contribution in [0.2, 0.25) is 0 Å². The molecule has 0 aliphatic rings. The highest BCUT2D eigenvalue weighted by atomic mass is 35.5. The number of benzene rings is 1. The van der Waals surface area contributed by atoms with Crippen LogP contribution in [0.25, 0.3) is 11.0 Å². The third-order valence-corrected chi connectivity index (χ3v) is 4.69. The van der Waals surface area contributed by atoms with Crippen molar-refractivity contribution < 1.29 is 0 Å². The fraction of sp³-hybridized carbons (Fsp3) is 0.562. The van der Waals surface area contributed by atoms with Gasteiger partial charge >= 0.3 is 0 Å². The SMILES string of the molecule is CCC(CC)(CC)n1c(CCl)nc2ccc(C)cc21. The lowest BCUT2D eigenvalue weighted by Crippen LogP contribution is -2.32. The van der Waals surface area contributed by atoms with E-state index in [1.54, 1.807) is 0 Å². The molecule has 0 spiro atoms. The van der Waals surface area contributed by atoms with Crippen molar-refractivity contribution in [1.29, 1.82) is 0 Å². The molecule has 3 heteroatoms. The molecule has 0 saturated heterocycles. The van der Waals surface area contributed by atoms with E-state index < -0.39 is 0 Å². The molecule has 0 N–H and O–H groups in total. The van der Waals surface area contributed by atoms with E-state index in [-0.39, 0.29) is 5.54 Å². The first-order chi connectivity index (χ1) is 9.11. The predicted octanol–water partition coefficient (Wildman–Crippen LogP) is 5.01. The van der Waals surface area contributed by atoms with E-state index in [4.69, 9.17) is 16.6 Å². The van der Waals surface area contributed by atoms with Gasteiger partial charge in [0.05, 0.1) is 16.9 Å². The lowest BCUT2D eigenvalue weighted by atomic mass is 9.89. The molecule has 0 atom stereocenters. The second-order valence-electron chi connectivity index (χ2n) is 5.27. The first-order valence-corrected chi connectivity index (χ1v) is 7.69. The molecule has 1 heterocycles. The Kier molecular flexibility index (Phi) is 4.19. The number of hydrogen-bond donors (Lipinski definition) is 0. The molecule has 0 fully saturated rings. The van der Waals surface area contributed by atoms with Crippen molar-refractivity contribution in [2.45, 2.75) is 58.4 Å². The van der Waals surface area contributed by atoms with Crippen LogP contribution in [0.3, 0.4) is 0 Å². The van der Waals surface area contributed by atoms with Gasteiger partial charge in [0.1, 0.15) is 5.82 Å². The maximum atomic E-state index is 6.14. The molecule has 0 unspecified atom stereocenters. The minimum atomic E-state index is 0.132. The summed E-state index contributed by atoms with van der Waals surface area (Å²) in [6.45, 7) is 8.90. The van der Waals surface area contributed by atoms with Crippen LogP contribution in [0.4, 0.5) is 0 Å². The smallest absolute Gasteiger partial charge is 0.125 e. The Bertz CT molecular complexity index is 559. The highest BCUT2D eigenvalue weighted by molar-refractivity contribution is 6.16. The minimum Gasteiger partial charge on any atom is -0.321 e. The summed E-state index contributed by atoms with van der Waals surface area (Å²) in [7, 11) is 0. The van der Waals surface area contributed by atoms with E-state index >= 15 is 0 Å². The lowest BCUT2D eigenvalue weighted by molar-refractivity contribution is 0.252. The molecule has 104 valence electrons. The van der Waals surface area contributed by atoms with Crippen LogP contribution in [0.5, 0.6) is 0 Å². The molecule has 0 bridgehead atoms. The molecule has 2 aromatic rings. The average Bonchev–Trinajstić information content (AvgIpc) is 2.80. The van der Waals surface area contributed by atoms with E-state index in [0.29, 0.717) is 5.88 Å². The number of alkyl halides is 1. The molecule has 2 rings (SSSR count). The van der Waals surface area contributed by atoms with Crippen molar-refractivity contribution in [2.24, 2.45) is 0 Å². The van der Waals surface area contributed by atoms with Gasteiger partial charge in [-0.2, -0.15) is 0 Å². The van der Waals surface area contributed by atoms with E-state index in [9.17, 15) is 0 Å². The number of nitrogens with zero attached hydrogens (tertiary/aromatic N) is 2. The Morgan fingerprint density at radius 3 is 2.32 bits per heavy atom. The first kappa shape index (κ1) is 14.4. The van der Waals surface area contributed by atoms with Gasteiger partial charge in [0.15, 0.2) is 0 Å². The molecule has 0 saturated carbocycles. The highest BCUT2D eigenvalue weighted by Gasteiger charge is 2.30. The summed E-state index contributed by atoms with van der Waals surface area (Å²) in [5, 5.41) is 0. The fourth-order valence-corrected chi connectivity index (χ4v) is 3.26. The summed E-state index contributed by atoms with van der Waals surface area (Å²) in [6.07, 6.45) is 3.30. The molecule has 1 aromatic carbocycles. The summed E-state index contributed by atoms with van der Waals surface area (Å²) >= 11 is 6.14. The Balaban J connectivity index is 2.78. The first-order valence-electron chi connectivity index (χ1n) is 7.16. The Morgan fingerprint density at radius 2 is 1.79 bits per heavy atom. The molecule has 1 aromatic heterocycles. The van der Waals surface area contributed by atoms with Gasteiger partial charge < -0.3 is 4.57 Å². The van der Waals surface area contributed by atoms with E-state index in [1.165, 1.54) is 11.1 Å². The fourth-order valence-electron chi connectivity index (χ4n) is 3.08. The van der Waals surface area contributed by atoms with E-state index in [2.05, 4.69) is 50.5 Å². The third-order valence-electron chi connectivity index (χ3n) is 4.45. The molecule has 0 aliphatic heterocycles. The van der Waals surface area contributed by atoms with E-state index in [0.717, 1.165) is 30.6 Å². The Hall–Kier alpha value is -1.02. The van der Waals surface area contributed by atoms with Crippen LogP contribution >= 0.6 is 11.6 Å².